The highest BCUT2D eigenvalue weighted by Crippen LogP contribution is 2.35. The SMILES string of the molecule is C=CCc1cc(OC)c(C(C)=O)c(CC=C)c1OC. The Morgan fingerprint density at radius 2 is 1.84 bits per heavy atom. The molecule has 0 amide bonds. The lowest BCUT2D eigenvalue weighted by atomic mass is 9.94. The quantitative estimate of drug-likeness (QED) is 0.557. The summed E-state index contributed by atoms with van der Waals surface area (Å²) in [6.07, 6.45) is 4.76. The molecule has 0 spiro atoms. The van der Waals surface area contributed by atoms with Crippen LogP contribution in [-0.2, 0) is 12.8 Å². The molecule has 0 bridgehead atoms. The van der Waals surface area contributed by atoms with Gasteiger partial charge in [0.05, 0.1) is 19.8 Å². The van der Waals surface area contributed by atoms with Gasteiger partial charge >= 0.3 is 0 Å². The van der Waals surface area contributed by atoms with Crippen LogP contribution in [0.2, 0.25) is 0 Å². The van der Waals surface area contributed by atoms with Gasteiger partial charge in [-0.1, -0.05) is 12.2 Å². The first kappa shape index (κ1) is 15.0. The summed E-state index contributed by atoms with van der Waals surface area (Å²) in [4.78, 5) is 11.9. The molecule has 0 aromatic heterocycles. The molecule has 0 radical (unpaired) electrons. The molecule has 3 nitrogen and oxygen atoms in total. The van der Waals surface area contributed by atoms with Crippen molar-refractivity contribution in [2.75, 3.05) is 14.2 Å². The molecule has 0 saturated carbocycles. The summed E-state index contributed by atoms with van der Waals surface area (Å²) < 4.78 is 10.8. The molecule has 0 N–H and O–H groups in total. The minimum atomic E-state index is -0.0443. The van der Waals surface area contributed by atoms with Crippen molar-refractivity contribution < 1.29 is 14.3 Å². The van der Waals surface area contributed by atoms with Gasteiger partial charge in [-0.2, -0.15) is 0 Å². The van der Waals surface area contributed by atoms with E-state index < -0.39 is 0 Å². The summed E-state index contributed by atoms with van der Waals surface area (Å²) in [5.41, 5.74) is 2.34. The maximum atomic E-state index is 11.9. The number of benzene rings is 1. The van der Waals surface area contributed by atoms with Crippen LogP contribution < -0.4 is 9.47 Å². The Bertz CT molecular complexity index is 501. The zero-order valence-corrected chi connectivity index (χ0v) is 11.8. The van der Waals surface area contributed by atoms with Gasteiger partial charge in [0.15, 0.2) is 5.78 Å². The molecular formula is C16H20O3. The molecule has 1 aromatic rings. The first-order valence-electron chi connectivity index (χ1n) is 6.10. The van der Waals surface area contributed by atoms with Crippen molar-refractivity contribution in [3.63, 3.8) is 0 Å². The van der Waals surface area contributed by atoms with Crippen LogP contribution in [0.1, 0.15) is 28.4 Å². The number of carbonyl (C=O) groups excluding carboxylic acids is 1. The Hall–Kier alpha value is -2.03. The maximum absolute atomic E-state index is 11.9. The highest BCUT2D eigenvalue weighted by atomic mass is 16.5. The lowest BCUT2D eigenvalue weighted by molar-refractivity contribution is 0.101. The van der Waals surface area contributed by atoms with E-state index in [9.17, 15) is 4.79 Å². The van der Waals surface area contributed by atoms with Crippen molar-refractivity contribution in [2.24, 2.45) is 0 Å². The van der Waals surface area contributed by atoms with Crippen LogP contribution in [0.3, 0.4) is 0 Å². The maximum Gasteiger partial charge on any atom is 0.163 e. The fraction of sp³-hybridized carbons (Fsp3) is 0.312. The van der Waals surface area contributed by atoms with Gasteiger partial charge in [0.1, 0.15) is 11.5 Å². The van der Waals surface area contributed by atoms with E-state index in [1.165, 1.54) is 6.92 Å². The molecule has 0 aliphatic rings. The molecule has 1 rings (SSSR count). The van der Waals surface area contributed by atoms with E-state index in [0.29, 0.717) is 29.9 Å². The molecule has 0 unspecified atom stereocenters. The number of methoxy groups -OCH3 is 2. The molecule has 0 aliphatic carbocycles. The van der Waals surface area contributed by atoms with E-state index in [4.69, 9.17) is 9.47 Å². The Kier molecular flexibility index (Phi) is 5.37. The molecule has 0 heterocycles. The van der Waals surface area contributed by atoms with Crippen LogP contribution >= 0.6 is 0 Å². The van der Waals surface area contributed by atoms with Gasteiger partial charge in [0.2, 0.25) is 0 Å². The minimum Gasteiger partial charge on any atom is -0.496 e. The molecule has 1 aromatic carbocycles. The van der Waals surface area contributed by atoms with Crippen LogP contribution in [-0.4, -0.2) is 20.0 Å². The third-order valence-electron chi connectivity index (χ3n) is 2.91. The standard InChI is InChI=1S/C16H20O3/c1-6-8-12-10-14(18-4)15(11(3)17)13(9-7-2)16(12)19-5/h6-7,10H,1-2,8-9H2,3-5H3. The van der Waals surface area contributed by atoms with Gasteiger partial charge in [-0.25, -0.2) is 0 Å². The van der Waals surface area contributed by atoms with Gasteiger partial charge in [0, 0.05) is 11.1 Å². The predicted octanol–water partition coefficient (Wildman–Crippen LogP) is 3.36. The highest BCUT2D eigenvalue weighted by molar-refractivity contribution is 5.99. The van der Waals surface area contributed by atoms with E-state index in [1.807, 2.05) is 6.07 Å². The highest BCUT2D eigenvalue weighted by Gasteiger charge is 2.20. The van der Waals surface area contributed by atoms with Gasteiger partial charge in [0.25, 0.3) is 0 Å². The fourth-order valence-corrected chi connectivity index (χ4v) is 2.20. The molecule has 19 heavy (non-hydrogen) atoms. The number of ketones is 1. The number of rotatable bonds is 7. The second kappa shape index (κ2) is 6.78. The average molecular weight is 260 g/mol. The molecule has 3 heteroatoms. The number of hydrogen-bond donors (Lipinski definition) is 0. The second-order valence-corrected chi connectivity index (χ2v) is 4.17. The predicted molar refractivity (Wildman–Crippen MR) is 77.4 cm³/mol. The summed E-state index contributed by atoms with van der Waals surface area (Å²) in [7, 11) is 3.16. The molecule has 102 valence electrons. The van der Waals surface area contributed by atoms with E-state index in [-0.39, 0.29) is 5.78 Å². The first-order valence-corrected chi connectivity index (χ1v) is 6.10. The van der Waals surface area contributed by atoms with E-state index >= 15 is 0 Å². The minimum absolute atomic E-state index is 0.0443. The molecule has 0 atom stereocenters. The van der Waals surface area contributed by atoms with E-state index in [0.717, 1.165) is 11.1 Å². The van der Waals surface area contributed by atoms with E-state index in [2.05, 4.69) is 13.2 Å². The van der Waals surface area contributed by atoms with Crippen molar-refractivity contribution in [1.29, 1.82) is 0 Å². The Balaban J connectivity index is 3.65. The van der Waals surface area contributed by atoms with Crippen LogP contribution in [0, 0.1) is 0 Å². The first-order chi connectivity index (χ1) is 9.10. The number of ether oxygens (including phenoxy) is 2. The van der Waals surface area contributed by atoms with Gasteiger partial charge < -0.3 is 9.47 Å². The van der Waals surface area contributed by atoms with Gasteiger partial charge in [-0.3, -0.25) is 4.79 Å². The van der Waals surface area contributed by atoms with E-state index in [1.54, 1.807) is 26.4 Å². The monoisotopic (exact) mass is 260 g/mol. The van der Waals surface area contributed by atoms with Crippen LogP contribution in [0.5, 0.6) is 11.5 Å². The summed E-state index contributed by atoms with van der Waals surface area (Å²) >= 11 is 0. The van der Waals surface area contributed by atoms with Crippen molar-refractivity contribution in [3.8, 4) is 11.5 Å². The number of allylic oxidation sites excluding steroid dienone is 2. The number of Topliss-reactive ketones (excluding diaryl/α,β-unsaturated/α-hetero) is 1. The Morgan fingerprint density at radius 3 is 2.26 bits per heavy atom. The molecule has 0 aliphatic heterocycles. The van der Waals surface area contributed by atoms with Crippen molar-refractivity contribution in [2.45, 2.75) is 19.8 Å². The van der Waals surface area contributed by atoms with Gasteiger partial charge in [-0.15, -0.1) is 13.2 Å². The summed E-state index contributed by atoms with van der Waals surface area (Å²) in [6.45, 7) is 9.00. The zero-order chi connectivity index (χ0) is 14.4. The lowest BCUT2D eigenvalue weighted by Crippen LogP contribution is -2.07. The third-order valence-corrected chi connectivity index (χ3v) is 2.91. The van der Waals surface area contributed by atoms with Crippen molar-refractivity contribution in [1.82, 2.24) is 0 Å². The molecular weight excluding hydrogens is 240 g/mol. The average Bonchev–Trinajstić information content (AvgIpc) is 2.38. The van der Waals surface area contributed by atoms with Crippen molar-refractivity contribution in [3.05, 3.63) is 48.1 Å². The zero-order valence-electron chi connectivity index (χ0n) is 11.8. The molecule has 0 saturated heterocycles. The summed E-state index contributed by atoms with van der Waals surface area (Å²) in [5, 5.41) is 0. The summed E-state index contributed by atoms with van der Waals surface area (Å²) in [6, 6.07) is 1.84. The third kappa shape index (κ3) is 3.05. The van der Waals surface area contributed by atoms with Crippen molar-refractivity contribution >= 4 is 5.78 Å². The largest absolute Gasteiger partial charge is 0.496 e. The van der Waals surface area contributed by atoms with Gasteiger partial charge in [-0.05, 0) is 25.8 Å². The fourth-order valence-electron chi connectivity index (χ4n) is 2.20. The smallest absolute Gasteiger partial charge is 0.163 e. The van der Waals surface area contributed by atoms with Crippen LogP contribution in [0.25, 0.3) is 0 Å². The normalized spacial score (nSPS) is 9.84. The summed E-state index contributed by atoms with van der Waals surface area (Å²) in [5.74, 6) is 1.24. The molecule has 0 fully saturated rings. The Morgan fingerprint density at radius 1 is 1.21 bits per heavy atom. The number of hydrogen-bond acceptors (Lipinski definition) is 3. The Labute approximate surface area is 114 Å². The van der Waals surface area contributed by atoms with Crippen LogP contribution in [0.15, 0.2) is 31.4 Å². The lowest BCUT2D eigenvalue weighted by Gasteiger charge is -2.18. The topological polar surface area (TPSA) is 35.5 Å². The van der Waals surface area contributed by atoms with Crippen LogP contribution in [0.4, 0.5) is 0 Å². The second-order valence-electron chi connectivity index (χ2n) is 4.17. The number of carbonyl (C=O) groups is 1.